The van der Waals surface area contributed by atoms with Crippen molar-refractivity contribution in [1.29, 1.82) is 0 Å². The molecule has 1 aliphatic carbocycles. The van der Waals surface area contributed by atoms with Gasteiger partial charge in [0.15, 0.2) is 5.65 Å². The normalized spacial score (nSPS) is 15.2. The molecule has 9 nitrogen and oxygen atoms in total. The van der Waals surface area contributed by atoms with E-state index in [9.17, 15) is 9.59 Å². The van der Waals surface area contributed by atoms with Gasteiger partial charge in [-0.2, -0.15) is 4.98 Å². The van der Waals surface area contributed by atoms with E-state index in [0.29, 0.717) is 47.5 Å². The molecule has 1 aromatic carbocycles. The van der Waals surface area contributed by atoms with Gasteiger partial charge in [-0.15, -0.1) is 0 Å². The highest BCUT2D eigenvalue weighted by Crippen LogP contribution is 2.33. The van der Waals surface area contributed by atoms with E-state index < -0.39 is 5.54 Å². The summed E-state index contributed by atoms with van der Waals surface area (Å²) in [7, 11) is 0. The maximum absolute atomic E-state index is 11.5. The number of rotatable bonds is 10. The van der Waals surface area contributed by atoms with Gasteiger partial charge in [-0.1, -0.05) is 29.8 Å². The van der Waals surface area contributed by atoms with Gasteiger partial charge in [0.1, 0.15) is 11.5 Å². The monoisotopic (exact) mass is 537 g/mol. The van der Waals surface area contributed by atoms with Crippen molar-refractivity contribution in [2.75, 3.05) is 13.2 Å². The molecule has 3 aromatic rings. The summed E-state index contributed by atoms with van der Waals surface area (Å²) >= 11 is 6.58. The Balaban J connectivity index is 1.39. The van der Waals surface area contributed by atoms with Crippen LogP contribution in [0, 0.1) is 0 Å². The van der Waals surface area contributed by atoms with E-state index in [2.05, 4.69) is 20.6 Å². The number of imidazole rings is 1. The lowest BCUT2D eigenvalue weighted by Gasteiger charge is -2.26. The summed E-state index contributed by atoms with van der Waals surface area (Å²) in [5.41, 5.74) is 2.38. The number of H-pyrrole nitrogens is 1. The van der Waals surface area contributed by atoms with Gasteiger partial charge in [0.05, 0.1) is 28.4 Å². The second kappa shape index (κ2) is 11.7. The zero-order valence-corrected chi connectivity index (χ0v) is 22.7. The minimum absolute atomic E-state index is 0.000733. The molecule has 1 aliphatic rings. The van der Waals surface area contributed by atoms with Gasteiger partial charge in [0.2, 0.25) is 11.8 Å². The molecule has 3 N–H and O–H groups in total. The SMILES string of the molecule is CC(=O)NCCCOC1=CCC(c2nc3nc(Oc4ccc(C(C)(C)NC(C)=O)cc4)[nH]c3cc2Cl)C=C1. The van der Waals surface area contributed by atoms with Crippen LogP contribution in [0.25, 0.3) is 11.2 Å². The van der Waals surface area contributed by atoms with E-state index in [-0.39, 0.29) is 17.7 Å². The van der Waals surface area contributed by atoms with Crippen LogP contribution < -0.4 is 15.4 Å². The number of nitrogens with zero attached hydrogens (tertiary/aromatic N) is 2. The molecule has 2 heterocycles. The number of hydrogen-bond donors (Lipinski definition) is 3. The summed E-state index contributed by atoms with van der Waals surface area (Å²) in [6, 6.07) is 9.59. The van der Waals surface area contributed by atoms with Gasteiger partial charge < -0.3 is 25.1 Å². The minimum atomic E-state index is -0.496. The molecule has 0 fully saturated rings. The van der Waals surface area contributed by atoms with Gasteiger partial charge in [0.25, 0.3) is 0 Å². The smallest absolute Gasteiger partial charge is 0.301 e. The van der Waals surface area contributed by atoms with E-state index >= 15 is 0 Å². The Morgan fingerprint density at radius 1 is 1.16 bits per heavy atom. The number of carbonyl (C=O) groups is 2. The van der Waals surface area contributed by atoms with Gasteiger partial charge in [0, 0.05) is 26.3 Å². The van der Waals surface area contributed by atoms with Crippen molar-refractivity contribution in [2.24, 2.45) is 0 Å². The molecule has 2 aromatic heterocycles. The quantitative estimate of drug-likeness (QED) is 0.304. The first-order chi connectivity index (χ1) is 18.1. The molecule has 2 amide bonds. The maximum Gasteiger partial charge on any atom is 0.301 e. The molecule has 0 saturated heterocycles. The zero-order chi connectivity index (χ0) is 27.3. The Kier molecular flexibility index (Phi) is 8.36. The number of ether oxygens (including phenoxy) is 2. The Labute approximate surface area is 226 Å². The molecule has 0 spiro atoms. The van der Waals surface area contributed by atoms with Crippen LogP contribution in [0.4, 0.5) is 0 Å². The van der Waals surface area contributed by atoms with Crippen LogP contribution >= 0.6 is 11.6 Å². The van der Waals surface area contributed by atoms with Crippen molar-refractivity contribution in [3.63, 3.8) is 0 Å². The molecule has 0 radical (unpaired) electrons. The van der Waals surface area contributed by atoms with E-state index in [0.717, 1.165) is 23.4 Å². The van der Waals surface area contributed by atoms with E-state index in [4.69, 9.17) is 26.1 Å². The molecule has 4 rings (SSSR count). The average Bonchev–Trinajstić information content (AvgIpc) is 3.24. The van der Waals surface area contributed by atoms with Crippen LogP contribution in [0.2, 0.25) is 5.02 Å². The van der Waals surface area contributed by atoms with E-state index in [1.807, 2.05) is 62.4 Å². The van der Waals surface area contributed by atoms with Gasteiger partial charge in [-0.05, 0) is 62.6 Å². The lowest BCUT2D eigenvalue weighted by atomic mass is 9.94. The molecule has 38 heavy (non-hydrogen) atoms. The second-order valence-corrected chi connectivity index (χ2v) is 10.1. The van der Waals surface area contributed by atoms with Crippen LogP contribution in [-0.4, -0.2) is 39.9 Å². The highest BCUT2D eigenvalue weighted by atomic mass is 35.5. The van der Waals surface area contributed by atoms with Crippen LogP contribution in [0.15, 0.2) is 54.3 Å². The van der Waals surface area contributed by atoms with E-state index in [1.165, 1.54) is 13.8 Å². The molecule has 0 aliphatic heterocycles. The third-order valence-corrected chi connectivity index (χ3v) is 6.39. The Morgan fingerprint density at radius 2 is 1.92 bits per heavy atom. The fourth-order valence-electron chi connectivity index (χ4n) is 4.22. The third kappa shape index (κ3) is 6.92. The first-order valence-electron chi connectivity index (χ1n) is 12.5. The number of fused-ring (bicyclic) bond motifs is 1. The maximum atomic E-state index is 11.5. The Bertz CT molecular complexity index is 1380. The first-order valence-corrected chi connectivity index (χ1v) is 12.9. The van der Waals surface area contributed by atoms with E-state index in [1.54, 1.807) is 0 Å². The number of pyridine rings is 1. The predicted octanol–water partition coefficient (Wildman–Crippen LogP) is 5.25. The van der Waals surface area contributed by atoms with Crippen molar-refractivity contribution in [3.8, 4) is 11.8 Å². The summed E-state index contributed by atoms with van der Waals surface area (Å²) in [6.45, 7) is 8.00. The molecule has 1 atom stereocenters. The number of aromatic amines is 1. The van der Waals surface area contributed by atoms with Crippen molar-refractivity contribution >= 4 is 34.6 Å². The molecule has 0 bridgehead atoms. The zero-order valence-electron chi connectivity index (χ0n) is 21.9. The van der Waals surface area contributed by atoms with Crippen LogP contribution in [-0.2, 0) is 19.9 Å². The van der Waals surface area contributed by atoms with Crippen molar-refractivity contribution < 1.29 is 19.1 Å². The summed E-state index contributed by atoms with van der Waals surface area (Å²) in [6.07, 6.45) is 7.40. The van der Waals surface area contributed by atoms with Crippen LogP contribution in [0.3, 0.4) is 0 Å². The highest BCUT2D eigenvalue weighted by Gasteiger charge is 2.22. The summed E-state index contributed by atoms with van der Waals surface area (Å²) in [5, 5.41) is 6.23. The average molecular weight is 538 g/mol. The number of carbonyl (C=O) groups excluding carboxylic acids is 2. The summed E-state index contributed by atoms with van der Waals surface area (Å²) < 4.78 is 11.7. The fraction of sp³-hybridized carbons (Fsp3) is 0.357. The highest BCUT2D eigenvalue weighted by molar-refractivity contribution is 6.31. The number of aromatic nitrogens is 3. The number of benzene rings is 1. The number of allylic oxidation sites excluding steroid dienone is 3. The topological polar surface area (TPSA) is 118 Å². The number of amides is 2. The summed E-state index contributed by atoms with van der Waals surface area (Å²) in [4.78, 5) is 34.7. The van der Waals surface area contributed by atoms with Crippen molar-refractivity contribution in [3.05, 3.63) is 70.6 Å². The second-order valence-electron chi connectivity index (χ2n) is 9.69. The largest absolute Gasteiger partial charge is 0.494 e. The Hall–Kier alpha value is -3.85. The third-order valence-electron chi connectivity index (χ3n) is 6.09. The van der Waals surface area contributed by atoms with Gasteiger partial charge >= 0.3 is 6.01 Å². The summed E-state index contributed by atoms with van der Waals surface area (Å²) in [5.74, 6) is 1.26. The number of halogens is 1. The number of hydrogen-bond acceptors (Lipinski definition) is 6. The standard InChI is InChI=1S/C28H32ClN5O4/c1-17(35)30-14-5-15-37-21-10-6-19(7-11-21)25-23(29)16-24-26(32-25)33-27(31-24)38-22-12-8-20(9-13-22)28(3,4)34-18(2)36/h6,8-13,16,19H,5,7,14-15H2,1-4H3,(H,30,35)(H,34,36)(H,31,32,33). The number of nitrogens with one attached hydrogen (secondary N) is 3. The molecule has 200 valence electrons. The van der Waals surface area contributed by atoms with Gasteiger partial charge in [-0.3, -0.25) is 9.59 Å². The van der Waals surface area contributed by atoms with Crippen LogP contribution in [0.5, 0.6) is 11.8 Å². The Morgan fingerprint density at radius 3 is 2.58 bits per heavy atom. The van der Waals surface area contributed by atoms with Crippen LogP contribution in [0.1, 0.15) is 57.7 Å². The fourth-order valence-corrected chi connectivity index (χ4v) is 4.51. The van der Waals surface area contributed by atoms with Gasteiger partial charge in [-0.25, -0.2) is 4.98 Å². The molecule has 1 unspecified atom stereocenters. The first kappa shape index (κ1) is 27.2. The molecular weight excluding hydrogens is 506 g/mol. The van der Waals surface area contributed by atoms with Crippen molar-refractivity contribution in [2.45, 2.75) is 52.0 Å². The molecule has 0 saturated carbocycles. The molecular formula is C28H32ClN5O4. The lowest BCUT2D eigenvalue weighted by molar-refractivity contribution is -0.121. The lowest BCUT2D eigenvalue weighted by Crippen LogP contribution is -2.39. The predicted molar refractivity (Wildman–Crippen MR) is 146 cm³/mol. The molecule has 10 heteroatoms. The minimum Gasteiger partial charge on any atom is -0.494 e. The van der Waals surface area contributed by atoms with Crippen molar-refractivity contribution in [1.82, 2.24) is 25.6 Å².